The summed E-state index contributed by atoms with van der Waals surface area (Å²) in [5.74, 6) is -0.203. The minimum absolute atomic E-state index is 0.0846. The maximum absolute atomic E-state index is 13.0. The van der Waals surface area contributed by atoms with Crippen molar-refractivity contribution in [3.63, 3.8) is 0 Å². The van der Waals surface area contributed by atoms with E-state index in [0.717, 1.165) is 18.4 Å². The molecule has 168 valence electrons. The number of nitrogens with zero attached hydrogens (tertiary/aromatic N) is 1. The molecular formula is C23H29ClN2O4S. The first-order valence-electron chi connectivity index (χ1n) is 10.3. The molecule has 0 bridgehead atoms. The largest absolute Gasteiger partial charge is 0.373 e. The summed E-state index contributed by atoms with van der Waals surface area (Å²) < 4.78 is 34.0. The first kappa shape index (κ1) is 23.7. The van der Waals surface area contributed by atoms with Gasteiger partial charge in [0.1, 0.15) is 4.90 Å². The normalized spacial score (nSPS) is 15.8. The summed E-state index contributed by atoms with van der Waals surface area (Å²) in [4.78, 5) is 14.6. The molecule has 1 N–H and O–H groups in total. The van der Waals surface area contributed by atoms with Crippen molar-refractivity contribution in [2.45, 2.75) is 56.8 Å². The number of benzene rings is 2. The van der Waals surface area contributed by atoms with Crippen LogP contribution in [-0.2, 0) is 21.4 Å². The third-order valence-corrected chi connectivity index (χ3v) is 7.21. The van der Waals surface area contributed by atoms with E-state index in [0.29, 0.717) is 25.3 Å². The average Bonchev–Trinajstić information content (AvgIpc) is 2.71. The molecule has 1 aliphatic heterocycles. The summed E-state index contributed by atoms with van der Waals surface area (Å²) >= 11 is 6.14. The molecule has 1 saturated heterocycles. The number of amides is 1. The average molecular weight is 465 g/mol. The van der Waals surface area contributed by atoms with Crippen molar-refractivity contribution < 1.29 is 17.9 Å². The molecule has 0 atom stereocenters. The lowest BCUT2D eigenvalue weighted by Crippen LogP contribution is -2.41. The Morgan fingerprint density at radius 3 is 2.39 bits per heavy atom. The molecule has 0 unspecified atom stereocenters. The SMILES string of the molecule is CC(C)(C)NS(=O)(=O)c1cc(C(=O)N2CCC(OCc3ccccc3)CC2)ccc1Cl. The maximum Gasteiger partial charge on any atom is 0.253 e. The van der Waals surface area contributed by atoms with Gasteiger partial charge in [-0.3, -0.25) is 4.79 Å². The predicted octanol–water partition coefficient (Wildman–Crippen LogP) is 4.24. The summed E-state index contributed by atoms with van der Waals surface area (Å²) in [7, 11) is -3.85. The minimum Gasteiger partial charge on any atom is -0.373 e. The molecule has 0 radical (unpaired) electrons. The maximum atomic E-state index is 13.0. The number of sulfonamides is 1. The number of halogens is 1. The number of rotatable bonds is 6. The molecule has 1 aliphatic rings. The molecule has 8 heteroatoms. The number of piperidine rings is 1. The van der Waals surface area contributed by atoms with Gasteiger partial charge in [-0.15, -0.1) is 0 Å². The van der Waals surface area contributed by atoms with E-state index in [2.05, 4.69) is 4.72 Å². The van der Waals surface area contributed by atoms with Gasteiger partial charge >= 0.3 is 0 Å². The van der Waals surface area contributed by atoms with Crippen molar-refractivity contribution in [1.82, 2.24) is 9.62 Å². The summed E-state index contributed by atoms with van der Waals surface area (Å²) in [5, 5.41) is 0.0846. The number of carbonyl (C=O) groups is 1. The van der Waals surface area contributed by atoms with Crippen molar-refractivity contribution in [1.29, 1.82) is 0 Å². The molecule has 31 heavy (non-hydrogen) atoms. The van der Waals surface area contributed by atoms with Crippen molar-refractivity contribution in [2.75, 3.05) is 13.1 Å². The van der Waals surface area contributed by atoms with Crippen LogP contribution in [0.25, 0.3) is 0 Å². The van der Waals surface area contributed by atoms with Gasteiger partial charge in [0.2, 0.25) is 10.0 Å². The van der Waals surface area contributed by atoms with Gasteiger partial charge in [-0.25, -0.2) is 13.1 Å². The summed E-state index contributed by atoms with van der Waals surface area (Å²) in [5.41, 5.74) is 0.770. The van der Waals surface area contributed by atoms with Crippen LogP contribution < -0.4 is 4.72 Å². The van der Waals surface area contributed by atoms with Crippen LogP contribution in [0.15, 0.2) is 53.4 Å². The lowest BCUT2D eigenvalue weighted by Gasteiger charge is -2.32. The second-order valence-corrected chi connectivity index (χ2v) is 10.8. The fraction of sp³-hybridized carbons (Fsp3) is 0.435. The highest BCUT2D eigenvalue weighted by molar-refractivity contribution is 7.89. The topological polar surface area (TPSA) is 75.7 Å². The van der Waals surface area contributed by atoms with Crippen LogP contribution in [0.4, 0.5) is 0 Å². The number of ether oxygens (including phenoxy) is 1. The van der Waals surface area contributed by atoms with Crippen LogP contribution in [0.5, 0.6) is 0 Å². The number of nitrogens with one attached hydrogen (secondary N) is 1. The quantitative estimate of drug-likeness (QED) is 0.693. The van der Waals surface area contributed by atoms with E-state index >= 15 is 0 Å². The van der Waals surface area contributed by atoms with E-state index in [1.165, 1.54) is 12.1 Å². The highest BCUT2D eigenvalue weighted by atomic mass is 35.5. The number of hydrogen-bond donors (Lipinski definition) is 1. The van der Waals surface area contributed by atoms with Crippen molar-refractivity contribution >= 4 is 27.5 Å². The Morgan fingerprint density at radius 2 is 1.77 bits per heavy atom. The van der Waals surface area contributed by atoms with Gasteiger partial charge in [0.15, 0.2) is 0 Å². The zero-order valence-corrected chi connectivity index (χ0v) is 19.7. The third kappa shape index (κ3) is 6.53. The van der Waals surface area contributed by atoms with Gasteiger partial charge in [0, 0.05) is 24.2 Å². The monoisotopic (exact) mass is 464 g/mol. The zero-order chi connectivity index (χ0) is 22.6. The summed E-state index contributed by atoms with van der Waals surface area (Å²) in [6, 6.07) is 14.4. The van der Waals surface area contributed by atoms with Crippen molar-refractivity contribution in [3.05, 3.63) is 64.7 Å². The molecule has 0 spiro atoms. The first-order valence-corrected chi connectivity index (χ1v) is 12.2. The molecule has 6 nitrogen and oxygen atoms in total. The molecule has 0 aromatic heterocycles. The Morgan fingerprint density at radius 1 is 1.13 bits per heavy atom. The van der Waals surface area contributed by atoms with Crippen molar-refractivity contribution in [3.8, 4) is 0 Å². The van der Waals surface area contributed by atoms with E-state index in [9.17, 15) is 13.2 Å². The highest BCUT2D eigenvalue weighted by Crippen LogP contribution is 2.25. The molecule has 0 saturated carbocycles. The van der Waals surface area contributed by atoms with Crippen LogP contribution in [0.1, 0.15) is 49.5 Å². The van der Waals surface area contributed by atoms with E-state index < -0.39 is 15.6 Å². The van der Waals surface area contributed by atoms with E-state index in [1.807, 2.05) is 30.3 Å². The van der Waals surface area contributed by atoms with Crippen LogP contribution in [0, 0.1) is 0 Å². The molecule has 1 fully saturated rings. The number of carbonyl (C=O) groups excluding carboxylic acids is 1. The van der Waals surface area contributed by atoms with Gasteiger partial charge in [-0.1, -0.05) is 41.9 Å². The lowest BCUT2D eigenvalue weighted by molar-refractivity contribution is -0.000384. The minimum atomic E-state index is -3.85. The fourth-order valence-electron chi connectivity index (χ4n) is 3.50. The first-order chi connectivity index (χ1) is 14.5. The fourth-order valence-corrected chi connectivity index (χ4v) is 5.44. The van der Waals surface area contributed by atoms with Gasteiger partial charge < -0.3 is 9.64 Å². The van der Waals surface area contributed by atoms with Gasteiger partial charge in [0.05, 0.1) is 17.7 Å². The molecular weight excluding hydrogens is 436 g/mol. The summed E-state index contributed by atoms with van der Waals surface area (Å²) in [6.07, 6.45) is 1.58. The summed E-state index contributed by atoms with van der Waals surface area (Å²) in [6.45, 7) is 6.91. The van der Waals surface area contributed by atoms with Crippen LogP contribution in [0.3, 0.4) is 0 Å². The molecule has 2 aromatic rings. The van der Waals surface area contributed by atoms with E-state index in [1.54, 1.807) is 31.7 Å². The Balaban J connectivity index is 1.63. The van der Waals surface area contributed by atoms with Gasteiger partial charge in [-0.2, -0.15) is 0 Å². The molecule has 2 aromatic carbocycles. The van der Waals surface area contributed by atoms with E-state index in [-0.39, 0.29) is 21.9 Å². The number of hydrogen-bond acceptors (Lipinski definition) is 4. The molecule has 1 amide bonds. The van der Waals surface area contributed by atoms with Gasteiger partial charge in [-0.05, 0) is 57.4 Å². The van der Waals surface area contributed by atoms with Gasteiger partial charge in [0.25, 0.3) is 5.91 Å². The predicted molar refractivity (Wildman–Crippen MR) is 122 cm³/mol. The molecule has 0 aliphatic carbocycles. The Kier molecular flexibility index (Phi) is 7.42. The lowest BCUT2D eigenvalue weighted by atomic mass is 10.1. The highest BCUT2D eigenvalue weighted by Gasteiger charge is 2.28. The third-order valence-electron chi connectivity index (χ3n) is 4.97. The Labute approximate surface area is 189 Å². The zero-order valence-electron chi connectivity index (χ0n) is 18.1. The Hall–Kier alpha value is -1.93. The van der Waals surface area contributed by atoms with Crippen LogP contribution >= 0.6 is 11.6 Å². The van der Waals surface area contributed by atoms with Crippen molar-refractivity contribution in [2.24, 2.45) is 0 Å². The second-order valence-electron chi connectivity index (χ2n) is 8.79. The Bertz CT molecular complexity index is 1010. The standard InChI is InChI=1S/C23H29ClN2O4S/c1-23(2,3)25-31(28,29)21-15-18(9-10-20(21)24)22(27)26-13-11-19(12-14-26)30-16-17-7-5-4-6-8-17/h4-10,15,19,25H,11-14,16H2,1-3H3. The van der Waals surface area contributed by atoms with E-state index in [4.69, 9.17) is 16.3 Å². The molecule has 1 heterocycles. The number of likely N-dealkylation sites (tertiary alicyclic amines) is 1. The smallest absolute Gasteiger partial charge is 0.253 e. The second kappa shape index (κ2) is 9.69. The molecule has 3 rings (SSSR count). The van der Waals surface area contributed by atoms with Crippen LogP contribution in [-0.4, -0.2) is 44.0 Å². The van der Waals surface area contributed by atoms with Crippen LogP contribution in [0.2, 0.25) is 5.02 Å².